The molecule has 11 heavy (non-hydrogen) atoms. The van der Waals surface area contributed by atoms with E-state index in [4.69, 9.17) is 5.73 Å². The van der Waals surface area contributed by atoms with Crippen molar-refractivity contribution in [2.24, 2.45) is 5.73 Å². The highest BCUT2D eigenvalue weighted by Gasteiger charge is 2.05. The van der Waals surface area contributed by atoms with Crippen LogP contribution in [0.2, 0.25) is 0 Å². The van der Waals surface area contributed by atoms with Crippen molar-refractivity contribution in [1.29, 1.82) is 0 Å². The first-order valence-corrected chi connectivity index (χ1v) is 4.56. The summed E-state index contributed by atoms with van der Waals surface area (Å²) >= 11 is 0. The van der Waals surface area contributed by atoms with Crippen molar-refractivity contribution in [3.8, 4) is 0 Å². The summed E-state index contributed by atoms with van der Waals surface area (Å²) in [5.41, 5.74) is 5.49. The largest absolute Gasteiger partial charge is 0.329 e. The maximum Gasteiger partial charge on any atom is 0.0105 e. The third-order valence-electron chi connectivity index (χ3n) is 2.10. The van der Waals surface area contributed by atoms with Crippen LogP contribution in [0.15, 0.2) is 0 Å². The van der Waals surface area contributed by atoms with Crippen LogP contribution < -0.4 is 11.1 Å². The van der Waals surface area contributed by atoms with Crippen LogP contribution in [0.4, 0.5) is 0 Å². The Kier molecular flexibility index (Phi) is 4.50. The van der Waals surface area contributed by atoms with E-state index in [1.54, 1.807) is 0 Å². The molecule has 0 aromatic heterocycles. The van der Waals surface area contributed by atoms with Crippen molar-refractivity contribution in [1.82, 2.24) is 10.2 Å². The second-order valence-electron chi connectivity index (χ2n) is 3.09. The first-order chi connectivity index (χ1) is 5.43. The minimum absolute atomic E-state index is 0.799. The van der Waals surface area contributed by atoms with Crippen LogP contribution in [0.3, 0.4) is 0 Å². The van der Waals surface area contributed by atoms with Crippen LogP contribution in [0.1, 0.15) is 12.8 Å². The fourth-order valence-electron chi connectivity index (χ4n) is 1.50. The van der Waals surface area contributed by atoms with Gasteiger partial charge < -0.3 is 16.0 Å². The molecule has 1 fully saturated rings. The number of rotatable bonds is 2. The normalized spacial score (nSPS) is 22.6. The van der Waals surface area contributed by atoms with Crippen molar-refractivity contribution in [2.45, 2.75) is 12.8 Å². The summed E-state index contributed by atoms with van der Waals surface area (Å²) in [4.78, 5) is 2.46. The van der Waals surface area contributed by atoms with Gasteiger partial charge in [-0.05, 0) is 39.0 Å². The van der Waals surface area contributed by atoms with Gasteiger partial charge in [0.2, 0.25) is 0 Å². The lowest BCUT2D eigenvalue weighted by Gasteiger charge is -2.23. The van der Waals surface area contributed by atoms with Crippen LogP contribution in [0.5, 0.6) is 0 Å². The van der Waals surface area contributed by atoms with Gasteiger partial charge in [0.05, 0.1) is 0 Å². The highest BCUT2D eigenvalue weighted by atomic mass is 15.1. The molecule has 0 bridgehead atoms. The van der Waals surface area contributed by atoms with E-state index >= 15 is 0 Å². The monoisotopic (exact) mass is 157 g/mol. The van der Waals surface area contributed by atoms with E-state index in [-0.39, 0.29) is 0 Å². The van der Waals surface area contributed by atoms with E-state index in [2.05, 4.69) is 10.2 Å². The molecule has 0 saturated carbocycles. The maximum absolute atomic E-state index is 5.49. The molecular weight excluding hydrogens is 138 g/mol. The van der Waals surface area contributed by atoms with Gasteiger partial charge in [0.15, 0.2) is 0 Å². The lowest BCUT2D eigenvalue weighted by Crippen LogP contribution is -2.36. The molecule has 1 aliphatic heterocycles. The SMILES string of the molecule is NCCN1CCCNCCC1. The third-order valence-corrected chi connectivity index (χ3v) is 2.10. The van der Waals surface area contributed by atoms with Crippen molar-refractivity contribution >= 4 is 0 Å². The number of nitrogens with two attached hydrogens (primary N) is 1. The Balaban J connectivity index is 2.15. The predicted octanol–water partition coefficient (Wildman–Crippen LogP) is -0.369. The fourth-order valence-corrected chi connectivity index (χ4v) is 1.50. The van der Waals surface area contributed by atoms with Gasteiger partial charge in [0, 0.05) is 13.1 Å². The number of hydrogen-bond donors (Lipinski definition) is 2. The van der Waals surface area contributed by atoms with E-state index in [9.17, 15) is 0 Å². The molecule has 3 heteroatoms. The molecule has 1 aliphatic rings. The summed E-state index contributed by atoms with van der Waals surface area (Å²) in [6, 6.07) is 0. The molecule has 1 rings (SSSR count). The smallest absolute Gasteiger partial charge is 0.0105 e. The molecule has 0 radical (unpaired) electrons. The molecule has 1 heterocycles. The van der Waals surface area contributed by atoms with Crippen molar-refractivity contribution in [3.05, 3.63) is 0 Å². The summed E-state index contributed by atoms with van der Waals surface area (Å²) in [7, 11) is 0. The predicted molar refractivity (Wildman–Crippen MR) is 47.6 cm³/mol. The molecule has 66 valence electrons. The van der Waals surface area contributed by atoms with E-state index in [0.29, 0.717) is 0 Å². The zero-order valence-electron chi connectivity index (χ0n) is 7.18. The summed E-state index contributed by atoms with van der Waals surface area (Å²) < 4.78 is 0. The van der Waals surface area contributed by atoms with Crippen molar-refractivity contribution in [2.75, 3.05) is 39.3 Å². The Hall–Kier alpha value is -0.120. The molecule has 0 aromatic carbocycles. The Morgan fingerprint density at radius 3 is 2.36 bits per heavy atom. The Labute approximate surface area is 68.9 Å². The summed E-state index contributed by atoms with van der Waals surface area (Å²) in [6.45, 7) is 6.63. The van der Waals surface area contributed by atoms with Gasteiger partial charge in [0.25, 0.3) is 0 Å². The number of nitrogens with one attached hydrogen (secondary N) is 1. The van der Waals surface area contributed by atoms with Gasteiger partial charge in [-0.15, -0.1) is 0 Å². The van der Waals surface area contributed by atoms with Crippen LogP contribution in [0.25, 0.3) is 0 Å². The zero-order chi connectivity index (χ0) is 7.94. The van der Waals surface area contributed by atoms with E-state index in [0.717, 1.165) is 13.1 Å². The van der Waals surface area contributed by atoms with E-state index in [1.165, 1.54) is 39.0 Å². The highest BCUT2D eigenvalue weighted by Crippen LogP contribution is 1.95. The summed E-state index contributed by atoms with van der Waals surface area (Å²) in [5, 5.41) is 3.39. The molecule has 0 amide bonds. The topological polar surface area (TPSA) is 41.3 Å². The van der Waals surface area contributed by atoms with E-state index in [1.807, 2.05) is 0 Å². The standard InChI is InChI=1S/C8H19N3/c9-3-8-11-6-1-4-10-5-2-7-11/h10H,1-9H2. The average Bonchev–Trinajstić information content (AvgIpc) is 1.94. The Morgan fingerprint density at radius 1 is 1.18 bits per heavy atom. The maximum atomic E-state index is 5.49. The molecule has 0 aliphatic carbocycles. The first kappa shape index (κ1) is 8.97. The molecule has 0 atom stereocenters. The number of nitrogens with zero attached hydrogens (tertiary/aromatic N) is 1. The second kappa shape index (κ2) is 5.52. The average molecular weight is 157 g/mol. The molecule has 1 saturated heterocycles. The molecule has 3 nitrogen and oxygen atoms in total. The Bertz CT molecular complexity index is 87.3. The molecule has 0 unspecified atom stereocenters. The highest BCUT2D eigenvalue weighted by molar-refractivity contribution is 4.63. The fraction of sp³-hybridized carbons (Fsp3) is 1.00. The lowest BCUT2D eigenvalue weighted by atomic mass is 10.3. The van der Waals surface area contributed by atoms with Crippen LogP contribution in [-0.4, -0.2) is 44.2 Å². The van der Waals surface area contributed by atoms with Crippen LogP contribution in [-0.2, 0) is 0 Å². The Morgan fingerprint density at radius 2 is 1.82 bits per heavy atom. The van der Waals surface area contributed by atoms with Crippen molar-refractivity contribution in [3.63, 3.8) is 0 Å². The molecule has 0 spiro atoms. The van der Waals surface area contributed by atoms with Crippen molar-refractivity contribution < 1.29 is 0 Å². The summed E-state index contributed by atoms with van der Waals surface area (Å²) in [5.74, 6) is 0. The number of hydrogen-bond acceptors (Lipinski definition) is 3. The van der Waals surface area contributed by atoms with Crippen LogP contribution >= 0.6 is 0 Å². The van der Waals surface area contributed by atoms with Gasteiger partial charge in [-0.3, -0.25) is 0 Å². The lowest BCUT2D eigenvalue weighted by molar-refractivity contribution is 0.259. The van der Waals surface area contributed by atoms with E-state index < -0.39 is 0 Å². The van der Waals surface area contributed by atoms with Gasteiger partial charge >= 0.3 is 0 Å². The summed E-state index contributed by atoms with van der Waals surface area (Å²) in [6.07, 6.45) is 2.53. The third kappa shape index (κ3) is 3.70. The minimum atomic E-state index is 0.799. The molecule has 3 N–H and O–H groups in total. The quantitative estimate of drug-likeness (QED) is 0.574. The van der Waals surface area contributed by atoms with Gasteiger partial charge in [-0.25, -0.2) is 0 Å². The van der Waals surface area contributed by atoms with Gasteiger partial charge in [-0.1, -0.05) is 0 Å². The van der Waals surface area contributed by atoms with Crippen LogP contribution in [0, 0.1) is 0 Å². The first-order valence-electron chi connectivity index (χ1n) is 4.56. The van der Waals surface area contributed by atoms with Gasteiger partial charge in [0.1, 0.15) is 0 Å². The zero-order valence-corrected chi connectivity index (χ0v) is 7.18. The molecular formula is C8H19N3. The second-order valence-corrected chi connectivity index (χ2v) is 3.09. The molecule has 0 aromatic rings. The minimum Gasteiger partial charge on any atom is -0.329 e. The van der Waals surface area contributed by atoms with Gasteiger partial charge in [-0.2, -0.15) is 0 Å².